The second-order valence-electron chi connectivity index (χ2n) is 4.82. The first-order valence-electron chi connectivity index (χ1n) is 7.15. The molecule has 3 N–H and O–H groups in total. The Bertz CT molecular complexity index is 671. The van der Waals surface area contributed by atoms with Crippen LogP contribution in [0.1, 0.15) is 21.9 Å². The van der Waals surface area contributed by atoms with E-state index in [4.69, 9.17) is 16.6 Å². The van der Waals surface area contributed by atoms with Crippen LogP contribution in [-0.2, 0) is 0 Å². The van der Waals surface area contributed by atoms with Crippen molar-refractivity contribution in [2.24, 2.45) is 0 Å². The number of nitrogens with one attached hydrogen (secondary N) is 3. The van der Waals surface area contributed by atoms with E-state index in [1.54, 1.807) is 31.7 Å². The molecule has 0 radical (unpaired) electrons. The first-order chi connectivity index (χ1) is 11.1. The fourth-order valence-corrected chi connectivity index (χ4v) is 2.87. The number of amides is 1. The summed E-state index contributed by atoms with van der Waals surface area (Å²) in [4.78, 5) is 13.2. The van der Waals surface area contributed by atoms with E-state index in [0.29, 0.717) is 28.7 Å². The molecule has 0 aliphatic carbocycles. The Morgan fingerprint density at radius 2 is 1.96 bits per heavy atom. The maximum atomic E-state index is 12.0. The molecular formula is C16H19N3O2S2. The molecule has 1 aromatic heterocycles. The Morgan fingerprint density at radius 1 is 1.22 bits per heavy atom. The molecule has 0 unspecified atom stereocenters. The highest BCUT2D eigenvalue weighted by Gasteiger charge is 2.13. The van der Waals surface area contributed by atoms with Gasteiger partial charge in [-0.25, -0.2) is 0 Å². The number of carbonyl (C=O) groups is 1. The maximum absolute atomic E-state index is 12.0. The first kappa shape index (κ1) is 17.4. The van der Waals surface area contributed by atoms with Gasteiger partial charge in [0.25, 0.3) is 5.91 Å². The summed E-state index contributed by atoms with van der Waals surface area (Å²) >= 11 is 6.86. The van der Waals surface area contributed by atoms with Crippen LogP contribution in [0.15, 0.2) is 45.7 Å². The van der Waals surface area contributed by atoms with Crippen molar-refractivity contribution in [1.82, 2.24) is 16.2 Å². The number of rotatable bonds is 5. The fourth-order valence-electron chi connectivity index (χ4n) is 1.93. The number of hydrogen-bond acceptors (Lipinski definition) is 4. The van der Waals surface area contributed by atoms with Crippen molar-refractivity contribution in [3.8, 4) is 0 Å². The van der Waals surface area contributed by atoms with E-state index < -0.39 is 0 Å². The summed E-state index contributed by atoms with van der Waals surface area (Å²) in [6.07, 6.45) is 0. The topological polar surface area (TPSA) is 66.3 Å². The molecule has 0 saturated carbocycles. The van der Waals surface area contributed by atoms with Crippen LogP contribution in [0.3, 0.4) is 0 Å². The van der Waals surface area contributed by atoms with Crippen molar-refractivity contribution < 1.29 is 9.21 Å². The number of furan rings is 1. The molecule has 0 spiro atoms. The standard InChI is InChI=1S/C16H19N3O2S2/c1-11-10-14(12(2)21-11)15(20)18-19-16(22)17-8-9-23-13-6-4-3-5-7-13/h3-7,10H,8-9H2,1-2H3,(H,18,20)(H2,17,19,22). The van der Waals surface area contributed by atoms with Crippen LogP contribution in [0.4, 0.5) is 0 Å². The lowest BCUT2D eigenvalue weighted by atomic mass is 10.2. The Balaban J connectivity index is 1.65. The van der Waals surface area contributed by atoms with Gasteiger partial charge in [-0.1, -0.05) is 18.2 Å². The normalized spacial score (nSPS) is 10.2. The summed E-state index contributed by atoms with van der Waals surface area (Å²) in [6.45, 7) is 4.25. The van der Waals surface area contributed by atoms with Crippen molar-refractivity contribution in [2.75, 3.05) is 12.3 Å². The molecule has 1 amide bonds. The van der Waals surface area contributed by atoms with E-state index >= 15 is 0 Å². The highest BCUT2D eigenvalue weighted by Crippen LogP contribution is 2.15. The van der Waals surface area contributed by atoms with E-state index in [2.05, 4.69) is 28.3 Å². The predicted molar refractivity (Wildman–Crippen MR) is 96.6 cm³/mol. The SMILES string of the molecule is Cc1cc(C(=O)NNC(=S)NCCSc2ccccc2)c(C)o1. The Morgan fingerprint density at radius 3 is 2.61 bits per heavy atom. The van der Waals surface area contributed by atoms with E-state index in [-0.39, 0.29) is 5.91 Å². The molecule has 0 atom stereocenters. The Kier molecular flexibility index (Phi) is 6.49. The number of hydrazine groups is 1. The van der Waals surface area contributed by atoms with Gasteiger partial charge < -0.3 is 9.73 Å². The van der Waals surface area contributed by atoms with Gasteiger partial charge in [0, 0.05) is 17.2 Å². The average molecular weight is 349 g/mol. The zero-order valence-electron chi connectivity index (χ0n) is 13.0. The Hall–Kier alpha value is -1.99. The Labute approximate surface area is 145 Å². The number of aryl methyl sites for hydroxylation is 2. The average Bonchev–Trinajstić information content (AvgIpc) is 2.89. The largest absolute Gasteiger partial charge is 0.466 e. The summed E-state index contributed by atoms with van der Waals surface area (Å²) in [5, 5.41) is 3.42. The summed E-state index contributed by atoms with van der Waals surface area (Å²) in [5.41, 5.74) is 5.74. The molecule has 0 fully saturated rings. The van der Waals surface area contributed by atoms with Crippen LogP contribution >= 0.6 is 24.0 Å². The van der Waals surface area contributed by atoms with Crippen molar-refractivity contribution in [2.45, 2.75) is 18.7 Å². The second kappa shape index (κ2) is 8.59. The minimum absolute atomic E-state index is 0.276. The van der Waals surface area contributed by atoms with E-state index in [1.807, 2.05) is 18.2 Å². The number of benzene rings is 1. The van der Waals surface area contributed by atoms with E-state index in [1.165, 1.54) is 4.90 Å². The molecule has 5 nitrogen and oxygen atoms in total. The van der Waals surface area contributed by atoms with Gasteiger partial charge in [-0.3, -0.25) is 15.6 Å². The van der Waals surface area contributed by atoms with Gasteiger partial charge in [-0.2, -0.15) is 0 Å². The van der Waals surface area contributed by atoms with Crippen molar-refractivity contribution >= 4 is 35.0 Å². The van der Waals surface area contributed by atoms with Crippen LogP contribution in [0.5, 0.6) is 0 Å². The molecule has 1 heterocycles. The molecule has 23 heavy (non-hydrogen) atoms. The van der Waals surface area contributed by atoms with Crippen LogP contribution in [0, 0.1) is 13.8 Å². The fraction of sp³-hybridized carbons (Fsp3) is 0.250. The van der Waals surface area contributed by atoms with Crippen molar-refractivity contribution in [3.63, 3.8) is 0 Å². The lowest BCUT2D eigenvalue weighted by Crippen LogP contribution is -2.47. The number of thioether (sulfide) groups is 1. The highest BCUT2D eigenvalue weighted by molar-refractivity contribution is 7.99. The van der Waals surface area contributed by atoms with Gasteiger partial charge >= 0.3 is 0 Å². The monoisotopic (exact) mass is 349 g/mol. The van der Waals surface area contributed by atoms with E-state index in [0.717, 1.165) is 5.75 Å². The second-order valence-corrected chi connectivity index (χ2v) is 6.40. The molecule has 0 aliphatic rings. The molecule has 2 aromatic rings. The number of carbonyl (C=O) groups excluding carboxylic acids is 1. The molecule has 0 saturated heterocycles. The summed E-state index contributed by atoms with van der Waals surface area (Å²) in [6, 6.07) is 11.8. The third kappa shape index (κ3) is 5.61. The summed E-state index contributed by atoms with van der Waals surface area (Å²) in [5.74, 6) is 1.88. The molecule has 2 rings (SSSR count). The summed E-state index contributed by atoms with van der Waals surface area (Å²) < 4.78 is 5.32. The van der Waals surface area contributed by atoms with Gasteiger partial charge in [0.1, 0.15) is 11.5 Å². The van der Waals surface area contributed by atoms with Gasteiger partial charge in [0.05, 0.1) is 5.56 Å². The lowest BCUT2D eigenvalue weighted by molar-refractivity contribution is 0.0942. The molecule has 1 aromatic carbocycles. The number of thiocarbonyl (C=S) groups is 1. The minimum atomic E-state index is -0.276. The van der Waals surface area contributed by atoms with Gasteiger partial charge in [-0.15, -0.1) is 11.8 Å². The third-order valence-electron chi connectivity index (χ3n) is 2.97. The maximum Gasteiger partial charge on any atom is 0.273 e. The predicted octanol–water partition coefficient (Wildman–Crippen LogP) is 2.80. The molecule has 122 valence electrons. The van der Waals surface area contributed by atoms with Crippen LogP contribution < -0.4 is 16.2 Å². The highest BCUT2D eigenvalue weighted by atomic mass is 32.2. The van der Waals surface area contributed by atoms with Crippen LogP contribution in [0.25, 0.3) is 0 Å². The van der Waals surface area contributed by atoms with Gasteiger partial charge in [-0.05, 0) is 44.3 Å². The van der Waals surface area contributed by atoms with Gasteiger partial charge in [0.15, 0.2) is 5.11 Å². The minimum Gasteiger partial charge on any atom is -0.466 e. The van der Waals surface area contributed by atoms with Crippen molar-refractivity contribution in [1.29, 1.82) is 0 Å². The lowest BCUT2D eigenvalue weighted by Gasteiger charge is -2.11. The van der Waals surface area contributed by atoms with Crippen LogP contribution in [-0.4, -0.2) is 23.3 Å². The zero-order chi connectivity index (χ0) is 16.7. The zero-order valence-corrected chi connectivity index (χ0v) is 14.6. The van der Waals surface area contributed by atoms with Crippen molar-refractivity contribution in [3.05, 3.63) is 53.5 Å². The number of hydrogen-bond donors (Lipinski definition) is 3. The molecule has 0 aliphatic heterocycles. The molecule has 7 heteroatoms. The molecular weight excluding hydrogens is 330 g/mol. The molecule has 0 bridgehead atoms. The van der Waals surface area contributed by atoms with Gasteiger partial charge in [0.2, 0.25) is 0 Å². The van der Waals surface area contributed by atoms with E-state index in [9.17, 15) is 4.79 Å². The summed E-state index contributed by atoms with van der Waals surface area (Å²) in [7, 11) is 0. The third-order valence-corrected chi connectivity index (χ3v) is 4.23. The first-order valence-corrected chi connectivity index (χ1v) is 8.54. The quantitative estimate of drug-likeness (QED) is 0.334. The smallest absolute Gasteiger partial charge is 0.273 e. The van der Waals surface area contributed by atoms with Crippen LogP contribution in [0.2, 0.25) is 0 Å².